The van der Waals surface area contributed by atoms with Crippen LogP contribution >= 0.6 is 0 Å². The van der Waals surface area contributed by atoms with Crippen LogP contribution in [0.3, 0.4) is 0 Å². The first-order valence-electron chi connectivity index (χ1n) is 7.27. The number of methoxy groups -OCH3 is 1. The number of benzene rings is 1. The van der Waals surface area contributed by atoms with Crippen molar-refractivity contribution >= 4 is 5.69 Å². The molecule has 1 heterocycles. The lowest BCUT2D eigenvalue weighted by atomic mass is 10.0. The first kappa shape index (κ1) is 16.4. The van der Waals surface area contributed by atoms with Gasteiger partial charge in [-0.15, -0.1) is 0 Å². The zero-order valence-corrected chi connectivity index (χ0v) is 13.4. The summed E-state index contributed by atoms with van der Waals surface area (Å²) < 4.78 is 10.9. The van der Waals surface area contributed by atoms with Crippen molar-refractivity contribution in [1.29, 1.82) is 5.26 Å². The van der Waals surface area contributed by atoms with Crippen molar-refractivity contribution in [3.8, 4) is 17.7 Å². The Morgan fingerprint density at radius 1 is 1.30 bits per heavy atom. The Hall–Kier alpha value is -3.00. The van der Waals surface area contributed by atoms with Gasteiger partial charge in [0.25, 0.3) is 0 Å². The quantitative estimate of drug-likeness (QED) is 0.643. The van der Waals surface area contributed by atoms with Gasteiger partial charge in [0.05, 0.1) is 13.3 Å². The Bertz CT molecular complexity index is 719. The molecule has 0 atom stereocenters. The molecule has 1 aromatic heterocycles. The van der Waals surface area contributed by atoms with E-state index in [0.29, 0.717) is 11.6 Å². The second kappa shape index (κ2) is 7.85. The molecule has 0 spiro atoms. The molecular formula is C18H19N3O2. The van der Waals surface area contributed by atoms with Gasteiger partial charge in [-0.3, -0.25) is 0 Å². The van der Waals surface area contributed by atoms with E-state index in [9.17, 15) is 5.26 Å². The number of nitrogens with zero attached hydrogens (tertiary/aromatic N) is 2. The summed E-state index contributed by atoms with van der Waals surface area (Å²) in [7, 11) is 1.54. The van der Waals surface area contributed by atoms with E-state index >= 15 is 0 Å². The minimum absolute atomic E-state index is 0.156. The molecular weight excluding hydrogens is 290 g/mol. The molecule has 0 bridgehead atoms. The van der Waals surface area contributed by atoms with E-state index in [0.717, 1.165) is 11.3 Å². The number of aromatic nitrogens is 1. The highest BCUT2D eigenvalue weighted by Gasteiger charge is 2.12. The molecule has 1 aromatic carbocycles. The van der Waals surface area contributed by atoms with E-state index in [1.807, 2.05) is 50.2 Å². The van der Waals surface area contributed by atoms with Gasteiger partial charge in [0.1, 0.15) is 11.8 Å². The Kier molecular flexibility index (Phi) is 5.59. The first-order chi connectivity index (χ1) is 11.1. The zero-order valence-electron chi connectivity index (χ0n) is 13.4. The molecule has 0 radical (unpaired) electrons. The van der Waals surface area contributed by atoms with Crippen molar-refractivity contribution in [3.05, 3.63) is 60.1 Å². The fourth-order valence-corrected chi connectivity index (χ4v) is 1.95. The summed E-state index contributed by atoms with van der Waals surface area (Å²) in [5, 5.41) is 12.3. The third-order valence-corrected chi connectivity index (χ3v) is 3.17. The third-order valence-electron chi connectivity index (χ3n) is 3.17. The molecule has 0 aliphatic rings. The highest BCUT2D eigenvalue weighted by molar-refractivity contribution is 5.47. The van der Waals surface area contributed by atoms with E-state index < -0.39 is 0 Å². The van der Waals surface area contributed by atoms with E-state index in [1.165, 1.54) is 6.20 Å². The summed E-state index contributed by atoms with van der Waals surface area (Å²) in [4.78, 5) is 4.19. The van der Waals surface area contributed by atoms with Crippen LogP contribution in [0.5, 0.6) is 11.6 Å². The maximum atomic E-state index is 9.29. The monoisotopic (exact) mass is 309 g/mol. The second-order valence-corrected chi connectivity index (χ2v) is 5.15. The molecule has 0 saturated carbocycles. The molecule has 0 amide bonds. The van der Waals surface area contributed by atoms with Crippen LogP contribution in [0.4, 0.5) is 5.69 Å². The Labute approximate surface area is 136 Å². The number of allylic oxidation sites excluding steroid dienone is 1. The Balaban J connectivity index is 2.23. The molecule has 1 N–H and O–H groups in total. The number of hydrogen-bond donors (Lipinski definition) is 1. The van der Waals surface area contributed by atoms with Gasteiger partial charge in [-0.1, -0.05) is 32.0 Å². The minimum atomic E-state index is 0.156. The number of pyridine rings is 1. The molecule has 2 rings (SSSR count). The van der Waals surface area contributed by atoms with Crippen LogP contribution in [0, 0.1) is 11.3 Å². The van der Waals surface area contributed by atoms with Crippen LogP contribution in [0.1, 0.15) is 25.3 Å². The predicted octanol–water partition coefficient (Wildman–Crippen LogP) is 4.07. The molecule has 23 heavy (non-hydrogen) atoms. The number of nitriles is 1. The topological polar surface area (TPSA) is 67.2 Å². The van der Waals surface area contributed by atoms with Crippen molar-refractivity contribution in [2.24, 2.45) is 0 Å². The molecule has 0 saturated heterocycles. The summed E-state index contributed by atoms with van der Waals surface area (Å²) in [6.07, 6.45) is 3.24. The number of para-hydroxylation sites is 1. The van der Waals surface area contributed by atoms with Gasteiger partial charge in [-0.25, -0.2) is 4.98 Å². The van der Waals surface area contributed by atoms with Gasteiger partial charge in [-0.05, 0) is 18.1 Å². The van der Waals surface area contributed by atoms with Crippen molar-refractivity contribution < 1.29 is 9.47 Å². The average molecular weight is 309 g/mol. The van der Waals surface area contributed by atoms with Crippen molar-refractivity contribution in [2.45, 2.75) is 19.8 Å². The number of anilines is 1. The Morgan fingerprint density at radius 2 is 2.04 bits per heavy atom. The number of rotatable bonds is 6. The molecule has 0 aliphatic heterocycles. The molecule has 0 unspecified atom stereocenters. The van der Waals surface area contributed by atoms with Gasteiger partial charge in [-0.2, -0.15) is 5.26 Å². The highest BCUT2D eigenvalue weighted by atomic mass is 16.5. The number of hydrogen-bond acceptors (Lipinski definition) is 5. The highest BCUT2D eigenvalue weighted by Crippen LogP contribution is 2.29. The lowest BCUT2D eigenvalue weighted by Crippen LogP contribution is -2.02. The van der Waals surface area contributed by atoms with Crippen LogP contribution in [0.25, 0.3) is 0 Å². The van der Waals surface area contributed by atoms with Gasteiger partial charge in [0, 0.05) is 23.5 Å². The molecule has 5 heteroatoms. The van der Waals surface area contributed by atoms with E-state index in [-0.39, 0.29) is 11.7 Å². The normalized spacial score (nSPS) is 11.0. The largest absolute Gasteiger partial charge is 0.481 e. The zero-order chi connectivity index (χ0) is 16.7. The smallest absolute Gasteiger partial charge is 0.219 e. The maximum absolute atomic E-state index is 9.29. The summed E-state index contributed by atoms with van der Waals surface area (Å²) in [5.74, 6) is 1.38. The fraction of sp³-hybridized carbons (Fsp3) is 0.222. The molecule has 0 fully saturated rings. The number of nitrogens with one attached hydrogen (secondary N) is 1. The minimum Gasteiger partial charge on any atom is -0.481 e. The third kappa shape index (κ3) is 4.48. The van der Waals surface area contributed by atoms with E-state index in [2.05, 4.69) is 10.3 Å². The van der Waals surface area contributed by atoms with Gasteiger partial charge < -0.3 is 14.8 Å². The SMILES string of the molecule is COc1cc(O/C(C#N)=C/Nc2ccccc2)c(C(C)C)cn1. The summed E-state index contributed by atoms with van der Waals surface area (Å²) in [6, 6.07) is 13.3. The van der Waals surface area contributed by atoms with Crippen molar-refractivity contribution in [3.63, 3.8) is 0 Å². The number of ether oxygens (including phenoxy) is 2. The lowest BCUT2D eigenvalue weighted by Gasteiger charge is -2.13. The summed E-state index contributed by atoms with van der Waals surface area (Å²) in [5.41, 5.74) is 1.78. The molecule has 0 aliphatic carbocycles. The average Bonchev–Trinajstić information content (AvgIpc) is 2.59. The molecule has 5 nitrogen and oxygen atoms in total. The van der Waals surface area contributed by atoms with Crippen molar-refractivity contribution in [2.75, 3.05) is 12.4 Å². The van der Waals surface area contributed by atoms with Gasteiger partial charge in [0.15, 0.2) is 0 Å². The maximum Gasteiger partial charge on any atom is 0.219 e. The van der Waals surface area contributed by atoms with E-state index in [1.54, 1.807) is 19.4 Å². The second-order valence-electron chi connectivity index (χ2n) is 5.15. The lowest BCUT2D eigenvalue weighted by molar-refractivity contribution is 0.387. The predicted molar refractivity (Wildman–Crippen MR) is 89.3 cm³/mol. The van der Waals surface area contributed by atoms with Crippen LogP contribution in [-0.2, 0) is 0 Å². The first-order valence-corrected chi connectivity index (χ1v) is 7.27. The summed E-state index contributed by atoms with van der Waals surface area (Å²) >= 11 is 0. The van der Waals surface area contributed by atoms with Crippen LogP contribution in [0.2, 0.25) is 0 Å². The standard InChI is InChI=1S/C18H19N3O2/c1-13(2)16-12-21-18(22-3)9-17(16)23-15(10-19)11-20-14-7-5-4-6-8-14/h4-9,11-13,20H,1-3H3/b15-11+. The van der Waals surface area contributed by atoms with Crippen LogP contribution < -0.4 is 14.8 Å². The molecule has 2 aromatic rings. The van der Waals surface area contributed by atoms with Crippen molar-refractivity contribution in [1.82, 2.24) is 4.98 Å². The fourth-order valence-electron chi connectivity index (χ4n) is 1.95. The van der Waals surface area contributed by atoms with Crippen LogP contribution in [-0.4, -0.2) is 12.1 Å². The van der Waals surface area contributed by atoms with Crippen LogP contribution in [0.15, 0.2) is 54.6 Å². The van der Waals surface area contributed by atoms with Gasteiger partial charge >= 0.3 is 0 Å². The summed E-state index contributed by atoms with van der Waals surface area (Å²) in [6.45, 7) is 4.07. The van der Waals surface area contributed by atoms with E-state index in [4.69, 9.17) is 9.47 Å². The molecule has 118 valence electrons. The Morgan fingerprint density at radius 3 is 2.65 bits per heavy atom. The van der Waals surface area contributed by atoms with Gasteiger partial charge in [0.2, 0.25) is 11.6 Å².